The SMILES string of the molecule is CC(C)C1CCC(=O)N(CCCC(C)(C)CN)CC1. The molecule has 1 saturated heterocycles. The third-order valence-corrected chi connectivity index (χ3v) is 4.63. The highest BCUT2D eigenvalue weighted by Crippen LogP contribution is 2.26. The molecule has 0 aromatic carbocycles. The standard InChI is InChI=1S/C16H32N2O/c1-13(2)14-6-7-15(19)18(11-8-14)10-5-9-16(3,4)12-17/h13-14H,5-12,17H2,1-4H3. The minimum Gasteiger partial charge on any atom is -0.343 e. The third kappa shape index (κ3) is 5.52. The molecule has 3 heteroatoms. The van der Waals surface area contributed by atoms with Crippen LogP contribution in [0.1, 0.15) is 59.8 Å². The molecule has 0 aromatic heterocycles. The Kier molecular flexibility index (Phi) is 6.31. The number of nitrogens with two attached hydrogens (primary N) is 1. The second-order valence-corrected chi connectivity index (χ2v) is 7.18. The van der Waals surface area contributed by atoms with Gasteiger partial charge in [-0.2, -0.15) is 0 Å². The number of amides is 1. The molecule has 1 aliphatic heterocycles. The maximum Gasteiger partial charge on any atom is 0.222 e. The van der Waals surface area contributed by atoms with Gasteiger partial charge in [0.05, 0.1) is 0 Å². The molecule has 2 N–H and O–H groups in total. The number of hydrogen-bond donors (Lipinski definition) is 1. The van der Waals surface area contributed by atoms with E-state index >= 15 is 0 Å². The van der Waals surface area contributed by atoms with Crippen molar-refractivity contribution in [1.82, 2.24) is 4.90 Å². The van der Waals surface area contributed by atoms with Gasteiger partial charge in [-0.15, -0.1) is 0 Å². The lowest BCUT2D eigenvalue weighted by molar-refractivity contribution is -0.130. The number of nitrogens with zero attached hydrogens (tertiary/aromatic N) is 1. The molecule has 0 bridgehead atoms. The normalized spacial score (nSPS) is 21.9. The smallest absolute Gasteiger partial charge is 0.222 e. The molecule has 19 heavy (non-hydrogen) atoms. The second kappa shape index (κ2) is 7.28. The average Bonchev–Trinajstić information content (AvgIpc) is 2.52. The van der Waals surface area contributed by atoms with E-state index in [0.717, 1.165) is 51.2 Å². The van der Waals surface area contributed by atoms with Gasteiger partial charge in [-0.3, -0.25) is 4.79 Å². The topological polar surface area (TPSA) is 46.3 Å². The van der Waals surface area contributed by atoms with Crippen LogP contribution in [-0.4, -0.2) is 30.4 Å². The Balaban J connectivity index is 2.39. The first kappa shape index (κ1) is 16.5. The number of carbonyl (C=O) groups excluding carboxylic acids is 1. The number of carbonyl (C=O) groups is 1. The van der Waals surface area contributed by atoms with E-state index in [9.17, 15) is 4.79 Å². The van der Waals surface area contributed by atoms with Gasteiger partial charge >= 0.3 is 0 Å². The summed E-state index contributed by atoms with van der Waals surface area (Å²) in [5, 5.41) is 0. The van der Waals surface area contributed by atoms with Crippen molar-refractivity contribution in [3.05, 3.63) is 0 Å². The maximum absolute atomic E-state index is 12.1. The van der Waals surface area contributed by atoms with E-state index in [-0.39, 0.29) is 5.41 Å². The zero-order valence-electron chi connectivity index (χ0n) is 13.2. The van der Waals surface area contributed by atoms with Gasteiger partial charge in [0.1, 0.15) is 0 Å². The maximum atomic E-state index is 12.1. The van der Waals surface area contributed by atoms with Crippen molar-refractivity contribution >= 4 is 5.91 Å². The van der Waals surface area contributed by atoms with E-state index in [1.807, 2.05) is 0 Å². The molecule has 0 radical (unpaired) electrons. The van der Waals surface area contributed by atoms with E-state index in [0.29, 0.717) is 11.8 Å². The summed E-state index contributed by atoms with van der Waals surface area (Å²) in [5.41, 5.74) is 5.95. The average molecular weight is 268 g/mol. The molecule has 1 atom stereocenters. The zero-order valence-corrected chi connectivity index (χ0v) is 13.2. The van der Waals surface area contributed by atoms with Gasteiger partial charge in [0.15, 0.2) is 0 Å². The first-order chi connectivity index (χ1) is 8.85. The molecular weight excluding hydrogens is 236 g/mol. The largest absolute Gasteiger partial charge is 0.343 e. The summed E-state index contributed by atoms with van der Waals surface area (Å²) in [4.78, 5) is 14.2. The molecule has 0 aromatic rings. The van der Waals surface area contributed by atoms with Crippen molar-refractivity contribution in [1.29, 1.82) is 0 Å². The number of likely N-dealkylation sites (tertiary alicyclic amines) is 1. The first-order valence-electron chi connectivity index (χ1n) is 7.83. The summed E-state index contributed by atoms with van der Waals surface area (Å²) in [7, 11) is 0. The quantitative estimate of drug-likeness (QED) is 0.805. The highest BCUT2D eigenvalue weighted by molar-refractivity contribution is 5.76. The van der Waals surface area contributed by atoms with Crippen LogP contribution in [0.15, 0.2) is 0 Å². The highest BCUT2D eigenvalue weighted by Gasteiger charge is 2.24. The lowest BCUT2D eigenvalue weighted by Crippen LogP contribution is -2.32. The van der Waals surface area contributed by atoms with E-state index in [4.69, 9.17) is 5.73 Å². The number of rotatable bonds is 6. The summed E-state index contributed by atoms with van der Waals surface area (Å²) < 4.78 is 0. The van der Waals surface area contributed by atoms with Crippen LogP contribution >= 0.6 is 0 Å². The van der Waals surface area contributed by atoms with E-state index < -0.39 is 0 Å². The Hall–Kier alpha value is -0.570. The summed E-state index contributed by atoms with van der Waals surface area (Å²) >= 11 is 0. The Morgan fingerprint density at radius 1 is 1.37 bits per heavy atom. The van der Waals surface area contributed by atoms with Crippen LogP contribution in [0.3, 0.4) is 0 Å². The van der Waals surface area contributed by atoms with Gasteiger partial charge in [0.25, 0.3) is 0 Å². The molecule has 1 rings (SSSR count). The summed E-state index contributed by atoms with van der Waals surface area (Å²) in [6.45, 7) is 11.5. The van der Waals surface area contributed by atoms with Gasteiger partial charge in [-0.05, 0) is 49.5 Å². The van der Waals surface area contributed by atoms with Crippen molar-refractivity contribution in [3.8, 4) is 0 Å². The van der Waals surface area contributed by atoms with Crippen LogP contribution in [-0.2, 0) is 4.79 Å². The fraction of sp³-hybridized carbons (Fsp3) is 0.938. The van der Waals surface area contributed by atoms with E-state index in [2.05, 4.69) is 32.6 Å². The van der Waals surface area contributed by atoms with Crippen molar-refractivity contribution in [2.45, 2.75) is 59.8 Å². The van der Waals surface area contributed by atoms with Crippen molar-refractivity contribution < 1.29 is 4.79 Å². The monoisotopic (exact) mass is 268 g/mol. The van der Waals surface area contributed by atoms with Crippen LogP contribution in [0.2, 0.25) is 0 Å². The number of hydrogen-bond acceptors (Lipinski definition) is 2. The van der Waals surface area contributed by atoms with Crippen LogP contribution in [0, 0.1) is 17.3 Å². The Bertz CT molecular complexity index is 286. The molecule has 1 heterocycles. The molecule has 0 saturated carbocycles. The molecule has 1 amide bonds. The third-order valence-electron chi connectivity index (χ3n) is 4.63. The second-order valence-electron chi connectivity index (χ2n) is 7.18. The van der Waals surface area contributed by atoms with Crippen molar-refractivity contribution in [2.75, 3.05) is 19.6 Å². The predicted molar refractivity (Wildman–Crippen MR) is 80.8 cm³/mol. The predicted octanol–water partition coefficient (Wildman–Crippen LogP) is 3.04. The van der Waals surface area contributed by atoms with Crippen molar-refractivity contribution in [3.63, 3.8) is 0 Å². The van der Waals surface area contributed by atoms with Crippen LogP contribution in [0.4, 0.5) is 0 Å². The van der Waals surface area contributed by atoms with Gasteiger partial charge in [0.2, 0.25) is 5.91 Å². The molecule has 1 aliphatic rings. The van der Waals surface area contributed by atoms with Crippen LogP contribution in [0.5, 0.6) is 0 Å². The Morgan fingerprint density at radius 2 is 2.05 bits per heavy atom. The molecule has 1 fully saturated rings. The molecule has 3 nitrogen and oxygen atoms in total. The minimum absolute atomic E-state index is 0.204. The first-order valence-corrected chi connectivity index (χ1v) is 7.83. The van der Waals surface area contributed by atoms with E-state index in [1.165, 1.54) is 6.42 Å². The Labute approximate surface area is 118 Å². The molecule has 0 spiro atoms. The summed E-state index contributed by atoms with van der Waals surface area (Å²) in [6, 6.07) is 0. The Morgan fingerprint density at radius 3 is 2.63 bits per heavy atom. The lowest BCUT2D eigenvalue weighted by Gasteiger charge is -2.26. The summed E-state index contributed by atoms with van der Waals surface area (Å²) in [6.07, 6.45) is 5.15. The summed E-state index contributed by atoms with van der Waals surface area (Å²) in [5.74, 6) is 1.77. The highest BCUT2D eigenvalue weighted by atomic mass is 16.2. The lowest BCUT2D eigenvalue weighted by atomic mass is 9.88. The van der Waals surface area contributed by atoms with Gasteiger partial charge in [0, 0.05) is 19.5 Å². The van der Waals surface area contributed by atoms with Crippen molar-refractivity contribution in [2.24, 2.45) is 23.0 Å². The van der Waals surface area contributed by atoms with Gasteiger partial charge < -0.3 is 10.6 Å². The fourth-order valence-corrected chi connectivity index (χ4v) is 2.81. The minimum atomic E-state index is 0.204. The molecular formula is C16H32N2O. The van der Waals surface area contributed by atoms with Gasteiger partial charge in [-0.1, -0.05) is 27.7 Å². The molecule has 112 valence electrons. The fourth-order valence-electron chi connectivity index (χ4n) is 2.81. The van der Waals surface area contributed by atoms with E-state index in [1.54, 1.807) is 0 Å². The van der Waals surface area contributed by atoms with Crippen LogP contribution < -0.4 is 5.73 Å². The molecule has 1 unspecified atom stereocenters. The molecule has 0 aliphatic carbocycles. The van der Waals surface area contributed by atoms with Gasteiger partial charge in [-0.25, -0.2) is 0 Å². The van der Waals surface area contributed by atoms with Crippen LogP contribution in [0.25, 0.3) is 0 Å². The zero-order chi connectivity index (χ0) is 14.5.